The second-order valence-corrected chi connectivity index (χ2v) is 10.2. The molecular weight excluding hydrogens is 298 g/mol. The number of piperidine rings is 1. The minimum Gasteiger partial charge on any atom is -0.376 e. The molecule has 0 radical (unpaired) electrons. The van der Waals surface area contributed by atoms with E-state index >= 15 is 0 Å². The van der Waals surface area contributed by atoms with Gasteiger partial charge in [-0.3, -0.25) is 0 Å². The molecule has 24 heavy (non-hydrogen) atoms. The Hall–Kier alpha value is -0.120. The van der Waals surface area contributed by atoms with Gasteiger partial charge in [-0.25, -0.2) is 0 Å². The van der Waals surface area contributed by atoms with Crippen LogP contribution >= 0.6 is 0 Å². The molecule has 0 unspecified atom stereocenters. The number of hydrogen-bond donors (Lipinski definition) is 0. The average molecular weight is 340 g/mol. The number of hydrogen-bond acceptors (Lipinski definition) is 3. The van der Waals surface area contributed by atoms with Gasteiger partial charge in [0.05, 0.1) is 17.3 Å². The fourth-order valence-electron chi connectivity index (χ4n) is 4.13. The molecule has 1 saturated carbocycles. The topological polar surface area (TPSA) is 21.7 Å². The highest BCUT2D eigenvalue weighted by Gasteiger charge is 2.35. The van der Waals surface area contributed by atoms with Crippen molar-refractivity contribution in [1.29, 1.82) is 0 Å². The summed E-state index contributed by atoms with van der Waals surface area (Å²) in [7, 11) is 0. The normalized spacial score (nSPS) is 32.6. The van der Waals surface area contributed by atoms with Crippen molar-refractivity contribution in [2.75, 3.05) is 19.7 Å². The van der Waals surface area contributed by atoms with Gasteiger partial charge in [0, 0.05) is 19.2 Å². The number of rotatable bonds is 6. The number of nitrogens with zero attached hydrogens (tertiary/aromatic N) is 1. The maximum Gasteiger partial charge on any atom is 0.0602 e. The highest BCUT2D eigenvalue weighted by atomic mass is 16.5. The average Bonchev–Trinajstić information content (AvgIpc) is 2.36. The zero-order valence-electron chi connectivity index (χ0n) is 17.2. The molecule has 0 amide bonds. The monoisotopic (exact) mass is 339 g/mol. The summed E-state index contributed by atoms with van der Waals surface area (Å²) in [5, 5.41) is 0. The van der Waals surface area contributed by atoms with E-state index in [1.165, 1.54) is 45.2 Å². The van der Waals surface area contributed by atoms with Crippen LogP contribution in [0.2, 0.25) is 0 Å². The van der Waals surface area contributed by atoms with Crippen LogP contribution in [-0.4, -0.2) is 47.9 Å². The summed E-state index contributed by atoms with van der Waals surface area (Å²) in [4.78, 5) is 2.72. The SMILES string of the molecule is C[C@@H]1C[C@H](CCOC(C)(C)C)CCN1C[C@H]1C[C@H](OC(C)(C)C)C1. The van der Waals surface area contributed by atoms with Crippen LogP contribution in [-0.2, 0) is 9.47 Å². The molecule has 0 N–H and O–H groups in total. The van der Waals surface area contributed by atoms with E-state index in [0.29, 0.717) is 6.10 Å². The Bertz CT molecular complexity index is 376. The van der Waals surface area contributed by atoms with Gasteiger partial charge in [-0.1, -0.05) is 0 Å². The van der Waals surface area contributed by atoms with Crippen molar-refractivity contribution in [1.82, 2.24) is 4.90 Å². The summed E-state index contributed by atoms with van der Waals surface area (Å²) in [5.74, 6) is 1.69. The molecule has 0 aromatic rings. The molecule has 0 spiro atoms. The molecule has 0 bridgehead atoms. The highest BCUT2D eigenvalue weighted by molar-refractivity contribution is 4.87. The van der Waals surface area contributed by atoms with E-state index in [1.807, 2.05) is 0 Å². The van der Waals surface area contributed by atoms with Crippen LogP contribution < -0.4 is 0 Å². The van der Waals surface area contributed by atoms with Crippen LogP contribution in [0.25, 0.3) is 0 Å². The van der Waals surface area contributed by atoms with Crippen LogP contribution in [0.5, 0.6) is 0 Å². The van der Waals surface area contributed by atoms with Crippen molar-refractivity contribution in [3.8, 4) is 0 Å². The molecule has 2 rings (SSSR count). The molecule has 1 heterocycles. The summed E-state index contributed by atoms with van der Waals surface area (Å²) >= 11 is 0. The molecule has 0 aromatic carbocycles. The zero-order valence-corrected chi connectivity index (χ0v) is 17.2. The Kier molecular flexibility index (Phi) is 6.78. The zero-order chi connectivity index (χ0) is 18.0. The Morgan fingerprint density at radius 3 is 2.12 bits per heavy atom. The molecule has 1 aliphatic carbocycles. The lowest BCUT2D eigenvalue weighted by molar-refractivity contribution is -0.117. The lowest BCUT2D eigenvalue weighted by Crippen LogP contribution is -2.48. The van der Waals surface area contributed by atoms with Crippen molar-refractivity contribution in [3.05, 3.63) is 0 Å². The molecule has 0 aromatic heterocycles. The van der Waals surface area contributed by atoms with E-state index in [9.17, 15) is 0 Å². The van der Waals surface area contributed by atoms with Gasteiger partial charge < -0.3 is 14.4 Å². The van der Waals surface area contributed by atoms with Gasteiger partial charge in [0.15, 0.2) is 0 Å². The highest BCUT2D eigenvalue weighted by Crippen LogP contribution is 2.35. The van der Waals surface area contributed by atoms with Crippen molar-refractivity contribution in [3.63, 3.8) is 0 Å². The summed E-state index contributed by atoms with van der Waals surface area (Å²) in [5.41, 5.74) is 0.0125. The first-order valence-corrected chi connectivity index (χ1v) is 10.1. The van der Waals surface area contributed by atoms with Crippen LogP contribution in [0.3, 0.4) is 0 Å². The lowest BCUT2D eigenvalue weighted by Gasteiger charge is -2.45. The lowest BCUT2D eigenvalue weighted by atomic mass is 9.80. The summed E-state index contributed by atoms with van der Waals surface area (Å²) in [6.45, 7) is 18.8. The fraction of sp³-hybridized carbons (Fsp3) is 1.00. The molecule has 1 saturated heterocycles. The molecule has 2 aliphatic rings. The van der Waals surface area contributed by atoms with E-state index in [-0.39, 0.29) is 11.2 Å². The third-order valence-corrected chi connectivity index (χ3v) is 5.39. The molecular formula is C21H41NO2. The second kappa shape index (κ2) is 8.05. The molecule has 3 heteroatoms. The van der Waals surface area contributed by atoms with Crippen molar-refractivity contribution < 1.29 is 9.47 Å². The summed E-state index contributed by atoms with van der Waals surface area (Å²) < 4.78 is 12.0. The third-order valence-electron chi connectivity index (χ3n) is 5.39. The minimum atomic E-state index is 0.00219. The van der Waals surface area contributed by atoms with Crippen molar-refractivity contribution in [2.24, 2.45) is 11.8 Å². The molecule has 1 aliphatic heterocycles. The van der Waals surface area contributed by atoms with E-state index in [0.717, 1.165) is 24.5 Å². The predicted octanol–water partition coefficient (Wildman–Crippen LogP) is 4.89. The van der Waals surface area contributed by atoms with Crippen LogP contribution in [0.15, 0.2) is 0 Å². The Morgan fingerprint density at radius 1 is 0.917 bits per heavy atom. The van der Waals surface area contributed by atoms with Crippen molar-refractivity contribution in [2.45, 2.75) is 104 Å². The Morgan fingerprint density at radius 2 is 1.58 bits per heavy atom. The van der Waals surface area contributed by atoms with E-state index in [2.05, 4.69) is 53.4 Å². The van der Waals surface area contributed by atoms with Gasteiger partial charge in [-0.15, -0.1) is 0 Å². The van der Waals surface area contributed by atoms with E-state index in [1.54, 1.807) is 0 Å². The Balaban J connectivity index is 1.62. The van der Waals surface area contributed by atoms with E-state index in [4.69, 9.17) is 9.47 Å². The number of ether oxygens (including phenoxy) is 2. The third kappa shape index (κ3) is 7.01. The van der Waals surface area contributed by atoms with Gasteiger partial charge in [-0.2, -0.15) is 0 Å². The van der Waals surface area contributed by atoms with Gasteiger partial charge in [0.1, 0.15) is 0 Å². The smallest absolute Gasteiger partial charge is 0.0602 e. The van der Waals surface area contributed by atoms with Gasteiger partial charge in [-0.05, 0) is 99.0 Å². The fourth-order valence-corrected chi connectivity index (χ4v) is 4.13. The quantitative estimate of drug-likeness (QED) is 0.688. The first-order chi connectivity index (χ1) is 11.0. The minimum absolute atomic E-state index is 0.00219. The van der Waals surface area contributed by atoms with Crippen LogP contribution in [0.4, 0.5) is 0 Å². The largest absolute Gasteiger partial charge is 0.376 e. The maximum absolute atomic E-state index is 6.08. The summed E-state index contributed by atoms with van der Waals surface area (Å²) in [6.07, 6.45) is 6.90. The van der Waals surface area contributed by atoms with Gasteiger partial charge in [0.25, 0.3) is 0 Å². The number of likely N-dealkylation sites (tertiary alicyclic amines) is 1. The maximum atomic E-state index is 6.08. The van der Waals surface area contributed by atoms with Crippen LogP contribution in [0, 0.1) is 11.8 Å². The van der Waals surface area contributed by atoms with Gasteiger partial charge >= 0.3 is 0 Å². The molecule has 2 atom stereocenters. The van der Waals surface area contributed by atoms with Crippen LogP contribution in [0.1, 0.15) is 80.6 Å². The standard InChI is InChI=1S/C21H41NO2/c1-16-12-17(9-11-23-20(2,3)4)8-10-22(16)15-18-13-19(14-18)24-21(5,6)7/h16-19H,8-15H2,1-7H3/t16-,17+,18-,19-/m1/s1. The Labute approximate surface area is 150 Å². The van der Waals surface area contributed by atoms with Gasteiger partial charge in [0.2, 0.25) is 0 Å². The molecule has 142 valence electrons. The summed E-state index contributed by atoms with van der Waals surface area (Å²) in [6, 6.07) is 0.723. The van der Waals surface area contributed by atoms with Crippen molar-refractivity contribution >= 4 is 0 Å². The first kappa shape index (κ1) is 20.2. The first-order valence-electron chi connectivity index (χ1n) is 10.1. The molecule has 3 nitrogen and oxygen atoms in total. The predicted molar refractivity (Wildman–Crippen MR) is 101 cm³/mol. The van der Waals surface area contributed by atoms with E-state index < -0.39 is 0 Å². The second-order valence-electron chi connectivity index (χ2n) is 10.2. The molecule has 2 fully saturated rings.